The molecule has 1 aromatic carbocycles. The minimum absolute atomic E-state index is 0.0668. The number of aryl methyl sites for hydroxylation is 1. The first-order chi connectivity index (χ1) is 7.63. The third kappa shape index (κ3) is 4.23. The monoisotopic (exact) mass is 285 g/mol. The van der Waals surface area contributed by atoms with Crippen molar-refractivity contribution in [2.75, 3.05) is 13.2 Å². The Balaban J connectivity index is 2.47. The molecule has 0 radical (unpaired) electrons. The number of nitrogens with one attached hydrogen (secondary N) is 1. The summed E-state index contributed by atoms with van der Waals surface area (Å²) in [7, 11) is 0. The van der Waals surface area contributed by atoms with E-state index in [1.807, 2.05) is 32.0 Å². The molecule has 88 valence electrons. The molecular weight excluding hydrogens is 270 g/mol. The number of halogens is 1. The quantitative estimate of drug-likeness (QED) is 0.903. The van der Waals surface area contributed by atoms with Gasteiger partial charge in [-0.15, -0.1) is 0 Å². The number of benzene rings is 1. The summed E-state index contributed by atoms with van der Waals surface area (Å²) in [6, 6.07) is 5.76. The fraction of sp³-hybridized carbons (Fsp3) is 0.417. The summed E-state index contributed by atoms with van der Waals surface area (Å²) in [4.78, 5) is 11.3. The fourth-order valence-corrected chi connectivity index (χ4v) is 1.53. The Morgan fingerprint density at radius 3 is 2.94 bits per heavy atom. The summed E-state index contributed by atoms with van der Waals surface area (Å²) < 4.78 is 6.38. The van der Waals surface area contributed by atoms with E-state index in [9.17, 15) is 4.79 Å². The standard InChI is InChI=1S/C12H16BrNO2/c1-3-6-14-12(15)8-16-11-7-10(13)5-4-9(11)2/h4-5,7H,3,6,8H2,1-2H3,(H,14,15). The van der Waals surface area contributed by atoms with Crippen LogP contribution in [0.1, 0.15) is 18.9 Å². The molecule has 0 saturated carbocycles. The Morgan fingerprint density at radius 2 is 2.25 bits per heavy atom. The van der Waals surface area contributed by atoms with Crippen LogP contribution in [0, 0.1) is 6.92 Å². The van der Waals surface area contributed by atoms with Gasteiger partial charge < -0.3 is 10.1 Å². The first kappa shape index (κ1) is 13.0. The lowest BCUT2D eigenvalue weighted by Crippen LogP contribution is -2.29. The highest BCUT2D eigenvalue weighted by Crippen LogP contribution is 2.22. The molecular formula is C12H16BrNO2. The molecule has 0 bridgehead atoms. The predicted molar refractivity (Wildman–Crippen MR) is 67.7 cm³/mol. The van der Waals surface area contributed by atoms with Crippen LogP contribution in [0.25, 0.3) is 0 Å². The van der Waals surface area contributed by atoms with E-state index in [2.05, 4.69) is 21.2 Å². The summed E-state index contributed by atoms with van der Waals surface area (Å²) >= 11 is 3.36. The van der Waals surface area contributed by atoms with Gasteiger partial charge in [0.25, 0.3) is 5.91 Å². The van der Waals surface area contributed by atoms with E-state index in [0.717, 1.165) is 22.2 Å². The number of hydrogen-bond acceptors (Lipinski definition) is 2. The van der Waals surface area contributed by atoms with Gasteiger partial charge in [0.1, 0.15) is 5.75 Å². The molecule has 0 aliphatic rings. The highest BCUT2D eigenvalue weighted by atomic mass is 79.9. The summed E-state index contributed by atoms with van der Waals surface area (Å²) in [5, 5.41) is 2.76. The zero-order chi connectivity index (χ0) is 12.0. The molecule has 1 amide bonds. The van der Waals surface area contributed by atoms with Crippen molar-refractivity contribution < 1.29 is 9.53 Å². The molecule has 0 aliphatic heterocycles. The second-order valence-electron chi connectivity index (χ2n) is 3.55. The van der Waals surface area contributed by atoms with E-state index >= 15 is 0 Å². The van der Waals surface area contributed by atoms with Crippen LogP contribution in [0.5, 0.6) is 5.75 Å². The van der Waals surface area contributed by atoms with E-state index in [4.69, 9.17) is 4.74 Å². The van der Waals surface area contributed by atoms with Gasteiger partial charge in [-0.1, -0.05) is 28.9 Å². The lowest BCUT2D eigenvalue weighted by atomic mass is 10.2. The Hall–Kier alpha value is -1.03. The summed E-state index contributed by atoms with van der Waals surface area (Å²) in [6.45, 7) is 4.72. The first-order valence-corrected chi connectivity index (χ1v) is 6.08. The third-order valence-corrected chi connectivity index (χ3v) is 2.57. The van der Waals surface area contributed by atoms with Gasteiger partial charge >= 0.3 is 0 Å². The zero-order valence-corrected chi connectivity index (χ0v) is 11.1. The van der Waals surface area contributed by atoms with E-state index < -0.39 is 0 Å². The molecule has 0 atom stereocenters. The van der Waals surface area contributed by atoms with Gasteiger partial charge in [0.2, 0.25) is 0 Å². The van der Waals surface area contributed by atoms with Crippen molar-refractivity contribution in [2.45, 2.75) is 20.3 Å². The largest absolute Gasteiger partial charge is 0.483 e. The van der Waals surface area contributed by atoms with Gasteiger partial charge in [-0.3, -0.25) is 4.79 Å². The van der Waals surface area contributed by atoms with Gasteiger partial charge in [-0.05, 0) is 31.0 Å². The second kappa shape index (κ2) is 6.53. The highest BCUT2D eigenvalue weighted by molar-refractivity contribution is 9.10. The molecule has 0 aliphatic carbocycles. The van der Waals surface area contributed by atoms with Gasteiger partial charge in [0.05, 0.1) is 0 Å². The maximum Gasteiger partial charge on any atom is 0.257 e. The molecule has 3 nitrogen and oxygen atoms in total. The van der Waals surface area contributed by atoms with Crippen LogP contribution >= 0.6 is 15.9 Å². The van der Waals surface area contributed by atoms with Crippen molar-refractivity contribution in [1.82, 2.24) is 5.32 Å². The van der Waals surface area contributed by atoms with Crippen LogP contribution in [0.2, 0.25) is 0 Å². The number of ether oxygens (including phenoxy) is 1. The minimum Gasteiger partial charge on any atom is -0.483 e. The number of amides is 1. The molecule has 1 rings (SSSR count). The average Bonchev–Trinajstić information content (AvgIpc) is 2.27. The van der Waals surface area contributed by atoms with Crippen molar-refractivity contribution in [2.24, 2.45) is 0 Å². The SMILES string of the molecule is CCCNC(=O)COc1cc(Br)ccc1C. The molecule has 0 fully saturated rings. The third-order valence-electron chi connectivity index (χ3n) is 2.08. The van der Waals surface area contributed by atoms with E-state index in [1.165, 1.54) is 0 Å². The molecule has 16 heavy (non-hydrogen) atoms. The Morgan fingerprint density at radius 1 is 1.50 bits per heavy atom. The predicted octanol–water partition coefficient (Wildman–Crippen LogP) is 2.66. The number of carbonyl (C=O) groups is 1. The number of carbonyl (C=O) groups excluding carboxylic acids is 1. The van der Waals surface area contributed by atoms with Crippen LogP contribution in [-0.4, -0.2) is 19.1 Å². The molecule has 0 unspecified atom stereocenters. The Bertz CT molecular complexity index is 366. The smallest absolute Gasteiger partial charge is 0.257 e. The molecule has 1 N–H and O–H groups in total. The number of rotatable bonds is 5. The molecule has 0 spiro atoms. The van der Waals surface area contributed by atoms with Gasteiger partial charge in [-0.25, -0.2) is 0 Å². The zero-order valence-electron chi connectivity index (χ0n) is 9.55. The summed E-state index contributed by atoms with van der Waals surface area (Å²) in [6.07, 6.45) is 0.932. The maximum absolute atomic E-state index is 11.3. The topological polar surface area (TPSA) is 38.3 Å². The minimum atomic E-state index is -0.0822. The van der Waals surface area contributed by atoms with Crippen molar-refractivity contribution in [1.29, 1.82) is 0 Å². The molecule has 4 heteroatoms. The summed E-state index contributed by atoms with van der Waals surface area (Å²) in [5.74, 6) is 0.655. The maximum atomic E-state index is 11.3. The Kier molecular flexibility index (Phi) is 5.32. The van der Waals surface area contributed by atoms with E-state index in [-0.39, 0.29) is 12.5 Å². The fourth-order valence-electron chi connectivity index (χ4n) is 1.19. The van der Waals surface area contributed by atoms with E-state index in [0.29, 0.717) is 6.54 Å². The second-order valence-corrected chi connectivity index (χ2v) is 4.46. The lowest BCUT2D eigenvalue weighted by Gasteiger charge is -2.09. The Labute approximate surface area is 104 Å². The van der Waals surface area contributed by atoms with Gasteiger partial charge in [-0.2, -0.15) is 0 Å². The molecule has 1 aromatic rings. The first-order valence-electron chi connectivity index (χ1n) is 5.29. The van der Waals surface area contributed by atoms with Gasteiger partial charge in [0, 0.05) is 11.0 Å². The van der Waals surface area contributed by atoms with Crippen molar-refractivity contribution >= 4 is 21.8 Å². The summed E-state index contributed by atoms with van der Waals surface area (Å²) in [5.41, 5.74) is 1.02. The van der Waals surface area contributed by atoms with Crippen molar-refractivity contribution in [3.8, 4) is 5.75 Å². The van der Waals surface area contributed by atoms with Crippen molar-refractivity contribution in [3.63, 3.8) is 0 Å². The van der Waals surface area contributed by atoms with Crippen molar-refractivity contribution in [3.05, 3.63) is 28.2 Å². The number of hydrogen-bond donors (Lipinski definition) is 1. The highest BCUT2D eigenvalue weighted by Gasteiger charge is 2.04. The normalized spacial score (nSPS) is 9.94. The van der Waals surface area contributed by atoms with Crippen LogP contribution in [-0.2, 0) is 4.79 Å². The van der Waals surface area contributed by atoms with Crippen LogP contribution < -0.4 is 10.1 Å². The average molecular weight is 286 g/mol. The van der Waals surface area contributed by atoms with Crippen LogP contribution in [0.3, 0.4) is 0 Å². The van der Waals surface area contributed by atoms with Crippen LogP contribution in [0.4, 0.5) is 0 Å². The van der Waals surface area contributed by atoms with Gasteiger partial charge in [0.15, 0.2) is 6.61 Å². The molecule has 0 aromatic heterocycles. The molecule has 0 heterocycles. The van der Waals surface area contributed by atoms with Crippen LogP contribution in [0.15, 0.2) is 22.7 Å². The molecule has 0 saturated heterocycles. The lowest BCUT2D eigenvalue weighted by molar-refractivity contribution is -0.123. The van der Waals surface area contributed by atoms with E-state index in [1.54, 1.807) is 0 Å².